The number of ether oxygens (including phenoxy) is 1. The highest BCUT2D eigenvalue weighted by atomic mass is 79.9. The van der Waals surface area contributed by atoms with Crippen LogP contribution in [0.4, 0.5) is 0 Å². The molecule has 1 atom stereocenters. The maximum absolute atomic E-state index is 11.9. The Morgan fingerprint density at radius 3 is 2.75 bits per heavy atom. The number of halogens is 1. The van der Waals surface area contributed by atoms with Crippen molar-refractivity contribution < 1.29 is 9.53 Å². The van der Waals surface area contributed by atoms with Gasteiger partial charge in [-0.1, -0.05) is 58.4 Å². The van der Waals surface area contributed by atoms with Crippen LogP contribution in [0.1, 0.15) is 5.56 Å². The number of carbonyl (C=O) groups is 1. The van der Waals surface area contributed by atoms with E-state index in [1.54, 1.807) is 7.11 Å². The number of nitrogens with one attached hydrogen (secondary N) is 1. The maximum Gasteiger partial charge on any atom is 0.224 e. The molecule has 0 bridgehead atoms. The fraction of sp³-hybridized carbons (Fsp3) is 0.312. The van der Waals surface area contributed by atoms with Gasteiger partial charge in [0, 0.05) is 13.7 Å². The van der Waals surface area contributed by atoms with Crippen molar-refractivity contribution in [2.75, 3.05) is 20.3 Å². The molecule has 20 heavy (non-hydrogen) atoms. The van der Waals surface area contributed by atoms with Crippen LogP contribution in [0.5, 0.6) is 0 Å². The van der Waals surface area contributed by atoms with Crippen molar-refractivity contribution in [1.82, 2.24) is 5.32 Å². The summed E-state index contributed by atoms with van der Waals surface area (Å²) in [6.07, 6.45) is 0.400. The zero-order chi connectivity index (χ0) is 14.4. The second-order valence-corrected chi connectivity index (χ2v) is 6.01. The Morgan fingerprint density at radius 1 is 1.25 bits per heavy atom. The molecule has 0 heterocycles. The lowest BCUT2D eigenvalue weighted by Gasteiger charge is -2.10. The zero-order valence-corrected chi connectivity index (χ0v) is 13.0. The molecule has 0 saturated carbocycles. The van der Waals surface area contributed by atoms with E-state index in [0.29, 0.717) is 19.6 Å². The first-order valence-electron chi connectivity index (χ1n) is 6.56. The number of rotatable bonds is 6. The summed E-state index contributed by atoms with van der Waals surface area (Å²) in [5, 5.41) is 5.25. The molecule has 1 amide bonds. The number of amides is 1. The van der Waals surface area contributed by atoms with E-state index in [2.05, 4.69) is 45.5 Å². The summed E-state index contributed by atoms with van der Waals surface area (Å²) in [5.74, 6) is 0.0286. The number of benzene rings is 2. The second kappa shape index (κ2) is 7.41. The minimum atomic E-state index is 0.0286. The Kier molecular flexibility index (Phi) is 5.56. The molecule has 4 heteroatoms. The maximum atomic E-state index is 11.9. The first-order chi connectivity index (χ1) is 9.69. The van der Waals surface area contributed by atoms with Crippen LogP contribution in [0.2, 0.25) is 0 Å². The number of hydrogen-bond donors (Lipinski definition) is 1. The van der Waals surface area contributed by atoms with E-state index >= 15 is 0 Å². The van der Waals surface area contributed by atoms with Crippen LogP contribution < -0.4 is 5.32 Å². The lowest BCUT2D eigenvalue weighted by molar-refractivity contribution is -0.120. The number of hydrogen-bond acceptors (Lipinski definition) is 2. The molecule has 2 aromatic carbocycles. The second-order valence-electron chi connectivity index (χ2n) is 4.71. The van der Waals surface area contributed by atoms with Crippen LogP contribution >= 0.6 is 15.9 Å². The van der Waals surface area contributed by atoms with Gasteiger partial charge in [0.05, 0.1) is 17.9 Å². The lowest BCUT2D eigenvalue weighted by Crippen LogP contribution is -2.32. The van der Waals surface area contributed by atoms with Gasteiger partial charge in [-0.25, -0.2) is 0 Å². The van der Waals surface area contributed by atoms with Gasteiger partial charge in [-0.2, -0.15) is 0 Å². The Morgan fingerprint density at radius 2 is 2.00 bits per heavy atom. The average molecular weight is 336 g/mol. The SMILES string of the molecule is COCC(Br)CNC(=O)Cc1ccc2ccccc2c1. The third kappa shape index (κ3) is 4.32. The number of fused-ring (bicyclic) bond motifs is 1. The van der Waals surface area contributed by atoms with Crippen LogP contribution in [0, 0.1) is 0 Å². The summed E-state index contributed by atoms with van der Waals surface area (Å²) in [5.41, 5.74) is 1.03. The Labute approximate surface area is 127 Å². The minimum Gasteiger partial charge on any atom is -0.383 e. The van der Waals surface area contributed by atoms with E-state index in [9.17, 15) is 4.79 Å². The largest absolute Gasteiger partial charge is 0.383 e. The van der Waals surface area contributed by atoms with E-state index in [0.717, 1.165) is 10.9 Å². The minimum absolute atomic E-state index is 0.0286. The highest BCUT2D eigenvalue weighted by Crippen LogP contribution is 2.15. The van der Waals surface area contributed by atoms with Crippen molar-refractivity contribution in [3.05, 3.63) is 48.0 Å². The molecule has 2 aromatic rings. The van der Waals surface area contributed by atoms with Crippen LogP contribution in [0.15, 0.2) is 42.5 Å². The smallest absolute Gasteiger partial charge is 0.224 e. The first-order valence-corrected chi connectivity index (χ1v) is 7.48. The van der Waals surface area contributed by atoms with Crippen molar-refractivity contribution in [3.63, 3.8) is 0 Å². The molecule has 106 valence electrons. The van der Waals surface area contributed by atoms with Gasteiger partial charge in [0.1, 0.15) is 0 Å². The molecular formula is C16H18BrNO2. The van der Waals surface area contributed by atoms with E-state index in [-0.39, 0.29) is 10.7 Å². The molecule has 0 aliphatic rings. The summed E-state index contributed by atoms with van der Waals surface area (Å²) in [6, 6.07) is 14.3. The quantitative estimate of drug-likeness (QED) is 0.824. The fourth-order valence-electron chi connectivity index (χ4n) is 2.06. The van der Waals surface area contributed by atoms with Gasteiger partial charge in [0.15, 0.2) is 0 Å². The molecule has 0 aromatic heterocycles. The van der Waals surface area contributed by atoms with Gasteiger partial charge in [0.2, 0.25) is 5.91 Å². The molecule has 3 nitrogen and oxygen atoms in total. The summed E-state index contributed by atoms with van der Waals surface area (Å²) in [7, 11) is 1.64. The number of alkyl halides is 1. The molecule has 0 aliphatic heterocycles. The molecule has 2 rings (SSSR count). The van der Waals surface area contributed by atoms with Gasteiger partial charge in [-0.3, -0.25) is 4.79 Å². The zero-order valence-electron chi connectivity index (χ0n) is 11.4. The van der Waals surface area contributed by atoms with E-state index in [4.69, 9.17) is 4.74 Å². The molecule has 0 saturated heterocycles. The van der Waals surface area contributed by atoms with Gasteiger partial charge in [0.25, 0.3) is 0 Å². The molecule has 0 radical (unpaired) electrons. The van der Waals surface area contributed by atoms with Crippen molar-refractivity contribution in [2.45, 2.75) is 11.2 Å². The summed E-state index contributed by atoms with van der Waals surface area (Å²) >= 11 is 3.44. The monoisotopic (exact) mass is 335 g/mol. The highest BCUT2D eigenvalue weighted by Gasteiger charge is 2.07. The van der Waals surface area contributed by atoms with Crippen molar-refractivity contribution in [3.8, 4) is 0 Å². The van der Waals surface area contributed by atoms with Crippen molar-refractivity contribution in [1.29, 1.82) is 0 Å². The highest BCUT2D eigenvalue weighted by molar-refractivity contribution is 9.09. The fourth-order valence-corrected chi connectivity index (χ4v) is 2.49. The molecule has 0 spiro atoms. The van der Waals surface area contributed by atoms with Crippen LogP contribution in [0.25, 0.3) is 10.8 Å². The van der Waals surface area contributed by atoms with Crippen LogP contribution in [-0.2, 0) is 16.0 Å². The van der Waals surface area contributed by atoms with Gasteiger partial charge in [-0.05, 0) is 16.3 Å². The average Bonchev–Trinajstić information content (AvgIpc) is 2.45. The Bertz CT molecular complexity index is 585. The lowest BCUT2D eigenvalue weighted by atomic mass is 10.0. The van der Waals surface area contributed by atoms with Crippen molar-refractivity contribution in [2.24, 2.45) is 0 Å². The van der Waals surface area contributed by atoms with Gasteiger partial charge in [-0.15, -0.1) is 0 Å². The predicted molar refractivity (Wildman–Crippen MR) is 85.3 cm³/mol. The number of carbonyl (C=O) groups excluding carboxylic acids is 1. The van der Waals surface area contributed by atoms with E-state index < -0.39 is 0 Å². The standard InChI is InChI=1S/C16H18BrNO2/c1-20-11-15(17)10-18-16(19)9-12-6-7-13-4-2-3-5-14(13)8-12/h2-8,15H,9-11H2,1H3,(H,18,19). The molecule has 1 unspecified atom stereocenters. The van der Waals surface area contributed by atoms with E-state index in [1.807, 2.05) is 18.2 Å². The van der Waals surface area contributed by atoms with Crippen LogP contribution in [0.3, 0.4) is 0 Å². The summed E-state index contributed by atoms with van der Waals surface area (Å²) in [6.45, 7) is 1.15. The van der Waals surface area contributed by atoms with Crippen molar-refractivity contribution >= 4 is 32.6 Å². The number of methoxy groups -OCH3 is 1. The van der Waals surface area contributed by atoms with Gasteiger partial charge < -0.3 is 10.1 Å². The third-order valence-corrected chi connectivity index (χ3v) is 3.63. The molecule has 1 N–H and O–H groups in total. The van der Waals surface area contributed by atoms with E-state index in [1.165, 1.54) is 5.39 Å². The van der Waals surface area contributed by atoms with Crippen LogP contribution in [-0.4, -0.2) is 31.0 Å². The predicted octanol–water partition coefficient (Wildman–Crippen LogP) is 2.91. The topological polar surface area (TPSA) is 38.3 Å². The Hall–Kier alpha value is -1.39. The normalized spacial score (nSPS) is 12.3. The first kappa shape index (κ1) is 15.0. The summed E-state index contributed by atoms with van der Waals surface area (Å²) in [4.78, 5) is 12.0. The summed E-state index contributed by atoms with van der Waals surface area (Å²) < 4.78 is 5.00. The third-order valence-electron chi connectivity index (χ3n) is 3.05. The molecule has 0 aliphatic carbocycles. The molecular weight excluding hydrogens is 318 g/mol. The molecule has 0 fully saturated rings. The van der Waals surface area contributed by atoms with Gasteiger partial charge >= 0.3 is 0 Å². The Balaban J connectivity index is 1.92.